The third-order valence-electron chi connectivity index (χ3n) is 2.46. The number of hydrogen-bond acceptors (Lipinski definition) is 2. The zero-order valence-electron chi connectivity index (χ0n) is 12.4. The summed E-state index contributed by atoms with van der Waals surface area (Å²) < 4.78 is 0. The average molecular weight is 304 g/mol. The van der Waals surface area contributed by atoms with Gasteiger partial charge in [0, 0.05) is 0 Å². The molecule has 0 unspecified atom stereocenters. The molecule has 1 saturated carbocycles. The molecule has 0 bridgehead atoms. The molecule has 0 saturated heterocycles. The van der Waals surface area contributed by atoms with Crippen LogP contribution in [0.4, 0.5) is 0 Å². The Morgan fingerprint density at radius 2 is 1.58 bits per heavy atom. The quantitative estimate of drug-likeness (QED) is 0.585. The van der Waals surface area contributed by atoms with Crippen LogP contribution in [0.5, 0.6) is 0 Å². The van der Waals surface area contributed by atoms with Crippen molar-refractivity contribution >= 4 is 12.6 Å². The first-order valence-electron chi connectivity index (χ1n) is 5.72. The summed E-state index contributed by atoms with van der Waals surface area (Å²) in [7, 11) is 0. The average Bonchev–Trinajstić information content (AvgIpc) is 3.11. The second kappa shape index (κ2) is 15.8. The summed E-state index contributed by atoms with van der Waals surface area (Å²) >= 11 is 0. The van der Waals surface area contributed by atoms with Crippen molar-refractivity contribution in [3.63, 3.8) is 0 Å². The number of carbonyl (C=O) groups excluding carboxylic acids is 2. The summed E-state index contributed by atoms with van der Waals surface area (Å²) in [6.07, 6.45) is 5.60. The van der Waals surface area contributed by atoms with Gasteiger partial charge in [-0.05, 0) is 0 Å². The first-order chi connectivity index (χ1) is 8.24. The summed E-state index contributed by atoms with van der Waals surface area (Å²) in [5.74, 6) is 2.53. The Labute approximate surface area is 141 Å². The van der Waals surface area contributed by atoms with E-state index in [9.17, 15) is 0 Å². The second-order valence-electron chi connectivity index (χ2n) is 3.59. The van der Waals surface area contributed by atoms with Gasteiger partial charge in [0.15, 0.2) is 0 Å². The minimum atomic E-state index is 0. The number of benzene rings is 1. The van der Waals surface area contributed by atoms with E-state index in [1.54, 1.807) is 5.92 Å². The predicted octanol–water partition coefficient (Wildman–Crippen LogP) is 0.392. The molecule has 2 rings (SSSR count). The minimum Gasteiger partial charge on any atom is -0.542 e. The molecule has 0 aliphatic heterocycles. The Hall–Kier alpha value is -0.219. The van der Waals surface area contributed by atoms with E-state index < -0.39 is 0 Å². The summed E-state index contributed by atoms with van der Waals surface area (Å²) in [4.78, 5) is 17.4. The number of hydrogen-bond donors (Lipinski definition) is 0. The van der Waals surface area contributed by atoms with Crippen molar-refractivity contribution in [1.29, 1.82) is 0 Å². The first-order valence-corrected chi connectivity index (χ1v) is 5.72. The molecule has 1 fully saturated rings. The monoisotopic (exact) mass is 302 g/mol. The van der Waals surface area contributed by atoms with Crippen LogP contribution in [0.25, 0.3) is 0 Å². The largest absolute Gasteiger partial charge is 2.00 e. The molecule has 2 nitrogen and oxygen atoms in total. The molecule has 1 aliphatic rings. The molecule has 1 aliphatic carbocycles. The van der Waals surface area contributed by atoms with Gasteiger partial charge in [-0.1, -0.05) is 42.8 Å². The zero-order chi connectivity index (χ0) is 13.1. The standard InChI is InChI=1S/C11H13.2C2H3O.Li.Zn/c1-2-9-8-11(9)10-6-4-3-5-7-10;2*1-2-3;;/h3-7,11H,2,8H2,1H3;2*1H3;;/q3*-1;+1;+2/t11-;;;;/m1..../s1. The molecule has 4 heteroatoms. The van der Waals surface area contributed by atoms with Crippen LogP contribution in [0.3, 0.4) is 0 Å². The van der Waals surface area contributed by atoms with Gasteiger partial charge >= 0.3 is 38.3 Å². The molecule has 1 aromatic carbocycles. The third kappa shape index (κ3) is 11.3. The molecule has 0 amide bonds. The van der Waals surface area contributed by atoms with Gasteiger partial charge in [0.2, 0.25) is 0 Å². The van der Waals surface area contributed by atoms with E-state index in [1.807, 2.05) is 0 Å². The van der Waals surface area contributed by atoms with Crippen LogP contribution in [0.2, 0.25) is 0 Å². The van der Waals surface area contributed by atoms with E-state index in [1.165, 1.54) is 44.8 Å². The fourth-order valence-corrected chi connectivity index (χ4v) is 1.63. The number of rotatable bonds is 2. The zero-order valence-corrected chi connectivity index (χ0v) is 15.4. The fraction of sp³-hybridized carbons (Fsp3) is 0.400. The van der Waals surface area contributed by atoms with Crippen molar-refractivity contribution in [1.82, 2.24) is 0 Å². The summed E-state index contributed by atoms with van der Waals surface area (Å²) in [6.45, 7) is 4.89. The molecule has 1 atom stereocenters. The predicted molar refractivity (Wildman–Crippen MR) is 70.1 cm³/mol. The topological polar surface area (TPSA) is 34.1 Å². The fourth-order valence-electron chi connectivity index (χ4n) is 1.63. The van der Waals surface area contributed by atoms with E-state index in [2.05, 4.69) is 37.3 Å². The van der Waals surface area contributed by atoms with Crippen molar-refractivity contribution in [3.8, 4) is 0 Å². The SMILES string of the molecule is CC[C-]1C[C@H]1c1ccccc1.C[C-]=O.C[C-]=O.[Li+].[Zn+2]. The van der Waals surface area contributed by atoms with Gasteiger partial charge in [0.25, 0.3) is 0 Å². The van der Waals surface area contributed by atoms with Crippen LogP contribution in [0, 0.1) is 5.92 Å². The van der Waals surface area contributed by atoms with Crippen LogP contribution >= 0.6 is 0 Å². The van der Waals surface area contributed by atoms with Gasteiger partial charge in [0.1, 0.15) is 0 Å². The van der Waals surface area contributed by atoms with Gasteiger partial charge in [-0.25, -0.2) is 0 Å². The van der Waals surface area contributed by atoms with Gasteiger partial charge < -0.3 is 15.5 Å². The first kappa shape index (κ1) is 23.8. The van der Waals surface area contributed by atoms with Crippen LogP contribution in [0.1, 0.15) is 45.1 Å². The maximum atomic E-state index is 8.68. The van der Waals surface area contributed by atoms with Gasteiger partial charge in [-0.3, -0.25) is 12.6 Å². The summed E-state index contributed by atoms with van der Waals surface area (Å²) in [5, 5.41) is 0. The van der Waals surface area contributed by atoms with Gasteiger partial charge in [-0.2, -0.15) is 32.6 Å². The van der Waals surface area contributed by atoms with Crippen LogP contribution in [0.15, 0.2) is 30.3 Å². The Bertz CT molecular complexity index is 311. The molecule has 0 N–H and O–H groups in total. The van der Waals surface area contributed by atoms with Crippen molar-refractivity contribution in [2.45, 2.75) is 39.5 Å². The molecule has 94 valence electrons. The van der Waals surface area contributed by atoms with Crippen molar-refractivity contribution in [2.75, 3.05) is 0 Å². The molecule has 0 spiro atoms. The van der Waals surface area contributed by atoms with E-state index in [4.69, 9.17) is 9.59 Å². The molecule has 19 heavy (non-hydrogen) atoms. The van der Waals surface area contributed by atoms with Crippen molar-refractivity contribution < 1.29 is 47.9 Å². The molecular weight excluding hydrogens is 284 g/mol. The van der Waals surface area contributed by atoms with E-state index in [0.29, 0.717) is 0 Å². The maximum Gasteiger partial charge on any atom is 2.00 e. The summed E-state index contributed by atoms with van der Waals surface area (Å²) in [6, 6.07) is 10.8. The molecule has 0 heterocycles. The molecule has 0 radical (unpaired) electrons. The summed E-state index contributed by atoms with van der Waals surface area (Å²) in [5.41, 5.74) is 1.50. The van der Waals surface area contributed by atoms with Crippen LogP contribution < -0.4 is 18.9 Å². The van der Waals surface area contributed by atoms with Crippen molar-refractivity contribution in [3.05, 3.63) is 41.8 Å². The van der Waals surface area contributed by atoms with E-state index in [0.717, 1.165) is 5.92 Å². The van der Waals surface area contributed by atoms with Gasteiger partial charge in [0.05, 0.1) is 0 Å². The van der Waals surface area contributed by atoms with E-state index in [-0.39, 0.29) is 38.3 Å². The second-order valence-corrected chi connectivity index (χ2v) is 3.59. The normalized spacial score (nSPS) is 15.0. The van der Waals surface area contributed by atoms with Gasteiger partial charge in [-0.15, -0.1) is 0 Å². The Morgan fingerprint density at radius 1 is 1.16 bits per heavy atom. The smallest absolute Gasteiger partial charge is 0.542 e. The van der Waals surface area contributed by atoms with Crippen LogP contribution in [-0.4, -0.2) is 12.6 Å². The Kier molecular flexibility index (Phi) is 19.9. The van der Waals surface area contributed by atoms with Crippen molar-refractivity contribution in [2.24, 2.45) is 0 Å². The Balaban J connectivity index is -0.000000280. The maximum absolute atomic E-state index is 8.68. The molecule has 1 aromatic rings. The molecular formula is C15H19LiO2Zn. The van der Waals surface area contributed by atoms with Crippen LogP contribution in [-0.2, 0) is 29.1 Å². The Morgan fingerprint density at radius 3 is 1.89 bits per heavy atom. The minimum absolute atomic E-state index is 0. The molecule has 0 aromatic heterocycles. The van der Waals surface area contributed by atoms with E-state index >= 15 is 0 Å². The third-order valence-corrected chi connectivity index (χ3v) is 2.46.